The third-order valence-corrected chi connectivity index (χ3v) is 2.94. The monoisotopic (exact) mass is 310 g/mol. The number of nitro groups is 1. The molecule has 120 valence electrons. The van der Waals surface area contributed by atoms with Crippen molar-refractivity contribution in [3.05, 3.63) is 33.9 Å². The maximum absolute atomic E-state index is 11.8. The Bertz CT molecular complexity index is 585. The van der Waals surface area contributed by atoms with E-state index in [0.29, 0.717) is 5.69 Å². The molecule has 1 atom stereocenters. The van der Waals surface area contributed by atoms with Crippen molar-refractivity contribution in [2.24, 2.45) is 5.92 Å². The Labute approximate surface area is 127 Å². The van der Waals surface area contributed by atoms with Crippen LogP contribution in [0.4, 0.5) is 11.4 Å². The molecule has 0 fully saturated rings. The SMILES string of the molecule is CCOC(=O)c1cc(N[C@@H](C(=O)O)C(C)C)ccc1[N+](=O)[O-]. The first-order chi connectivity index (χ1) is 10.3. The van der Waals surface area contributed by atoms with E-state index in [1.807, 2.05) is 0 Å². The van der Waals surface area contributed by atoms with Gasteiger partial charge in [0.1, 0.15) is 11.6 Å². The van der Waals surface area contributed by atoms with Crippen LogP contribution in [0.25, 0.3) is 0 Å². The Morgan fingerprint density at radius 1 is 1.41 bits per heavy atom. The van der Waals surface area contributed by atoms with E-state index >= 15 is 0 Å². The van der Waals surface area contributed by atoms with Crippen LogP contribution < -0.4 is 5.32 Å². The van der Waals surface area contributed by atoms with Crippen LogP contribution in [0, 0.1) is 16.0 Å². The third-order valence-electron chi connectivity index (χ3n) is 2.94. The van der Waals surface area contributed by atoms with E-state index in [-0.39, 0.29) is 23.8 Å². The number of carbonyl (C=O) groups is 2. The van der Waals surface area contributed by atoms with Crippen molar-refractivity contribution in [1.29, 1.82) is 0 Å². The first kappa shape index (κ1) is 17.4. The van der Waals surface area contributed by atoms with E-state index in [1.54, 1.807) is 20.8 Å². The lowest BCUT2D eigenvalue weighted by Crippen LogP contribution is -2.34. The molecule has 0 spiro atoms. The van der Waals surface area contributed by atoms with Crippen LogP contribution in [0.1, 0.15) is 31.1 Å². The number of ether oxygens (including phenoxy) is 1. The summed E-state index contributed by atoms with van der Waals surface area (Å²) in [5.41, 5.74) is -0.306. The van der Waals surface area contributed by atoms with Gasteiger partial charge >= 0.3 is 11.9 Å². The number of nitro benzene ring substituents is 1. The number of carboxylic acid groups (broad SMARTS) is 1. The highest BCUT2D eigenvalue weighted by molar-refractivity contribution is 5.95. The topological polar surface area (TPSA) is 119 Å². The molecule has 0 bridgehead atoms. The number of benzene rings is 1. The molecule has 1 rings (SSSR count). The summed E-state index contributed by atoms with van der Waals surface area (Å²) in [6, 6.07) is 2.86. The van der Waals surface area contributed by atoms with Gasteiger partial charge in [-0.1, -0.05) is 13.8 Å². The van der Waals surface area contributed by atoms with Gasteiger partial charge in [0.05, 0.1) is 11.5 Å². The summed E-state index contributed by atoms with van der Waals surface area (Å²) >= 11 is 0. The molecule has 0 amide bonds. The first-order valence-corrected chi connectivity index (χ1v) is 6.72. The Hall–Kier alpha value is -2.64. The molecule has 0 heterocycles. The number of hydrogen-bond acceptors (Lipinski definition) is 6. The summed E-state index contributed by atoms with van der Waals surface area (Å²) in [6.45, 7) is 5.12. The minimum absolute atomic E-state index is 0.0807. The highest BCUT2D eigenvalue weighted by Crippen LogP contribution is 2.24. The Kier molecular flexibility index (Phi) is 5.85. The summed E-state index contributed by atoms with van der Waals surface area (Å²) in [7, 11) is 0. The maximum Gasteiger partial charge on any atom is 0.345 e. The molecule has 0 unspecified atom stereocenters. The summed E-state index contributed by atoms with van der Waals surface area (Å²) < 4.78 is 4.79. The molecule has 8 nitrogen and oxygen atoms in total. The van der Waals surface area contributed by atoms with Crippen LogP contribution in [0.5, 0.6) is 0 Å². The van der Waals surface area contributed by atoms with E-state index in [2.05, 4.69) is 5.32 Å². The number of rotatable bonds is 7. The largest absolute Gasteiger partial charge is 0.480 e. The Morgan fingerprint density at radius 2 is 2.05 bits per heavy atom. The number of carbonyl (C=O) groups excluding carboxylic acids is 1. The smallest absolute Gasteiger partial charge is 0.345 e. The quantitative estimate of drug-likeness (QED) is 0.450. The van der Waals surface area contributed by atoms with E-state index in [4.69, 9.17) is 9.84 Å². The highest BCUT2D eigenvalue weighted by Gasteiger charge is 2.25. The molecular formula is C14H18N2O6. The molecule has 8 heteroatoms. The van der Waals surface area contributed by atoms with Crippen LogP contribution in [-0.2, 0) is 9.53 Å². The second kappa shape index (κ2) is 7.39. The lowest BCUT2D eigenvalue weighted by atomic mass is 10.0. The average molecular weight is 310 g/mol. The number of hydrogen-bond donors (Lipinski definition) is 2. The second-order valence-corrected chi connectivity index (χ2v) is 4.91. The fourth-order valence-corrected chi connectivity index (χ4v) is 1.85. The fraction of sp³-hybridized carbons (Fsp3) is 0.429. The van der Waals surface area contributed by atoms with E-state index < -0.39 is 22.9 Å². The van der Waals surface area contributed by atoms with Crippen molar-refractivity contribution in [3.63, 3.8) is 0 Å². The molecule has 0 aliphatic heterocycles. The van der Waals surface area contributed by atoms with Gasteiger partial charge in [0.2, 0.25) is 0 Å². The minimum Gasteiger partial charge on any atom is -0.480 e. The second-order valence-electron chi connectivity index (χ2n) is 4.91. The zero-order valence-electron chi connectivity index (χ0n) is 12.5. The van der Waals surface area contributed by atoms with Crippen LogP contribution >= 0.6 is 0 Å². The Morgan fingerprint density at radius 3 is 2.50 bits per heavy atom. The zero-order valence-corrected chi connectivity index (χ0v) is 12.5. The van der Waals surface area contributed by atoms with E-state index in [9.17, 15) is 19.7 Å². The van der Waals surface area contributed by atoms with Gasteiger partial charge in [0.25, 0.3) is 5.69 Å². The molecule has 2 N–H and O–H groups in total. The number of esters is 1. The van der Waals surface area contributed by atoms with E-state index in [1.165, 1.54) is 12.1 Å². The normalized spacial score (nSPS) is 11.8. The predicted octanol–water partition coefficient (Wildman–Crippen LogP) is 2.29. The van der Waals surface area contributed by atoms with Gasteiger partial charge in [-0.15, -0.1) is 0 Å². The maximum atomic E-state index is 11.8. The van der Waals surface area contributed by atoms with Crippen LogP contribution in [0.2, 0.25) is 0 Å². The average Bonchev–Trinajstić information content (AvgIpc) is 2.43. The molecular weight excluding hydrogens is 292 g/mol. The number of aliphatic carboxylic acids is 1. The van der Waals surface area contributed by atoms with Crippen LogP contribution in [0.3, 0.4) is 0 Å². The van der Waals surface area contributed by atoms with Gasteiger partial charge in [-0.2, -0.15) is 0 Å². The fourth-order valence-electron chi connectivity index (χ4n) is 1.85. The van der Waals surface area contributed by atoms with Crippen molar-refractivity contribution in [2.45, 2.75) is 26.8 Å². The summed E-state index contributed by atoms with van der Waals surface area (Å²) in [5.74, 6) is -2.08. The van der Waals surface area contributed by atoms with E-state index in [0.717, 1.165) is 6.07 Å². The van der Waals surface area contributed by atoms with Crippen molar-refractivity contribution in [1.82, 2.24) is 0 Å². The van der Waals surface area contributed by atoms with Gasteiger partial charge in [-0.3, -0.25) is 10.1 Å². The van der Waals surface area contributed by atoms with Crippen LogP contribution in [0.15, 0.2) is 18.2 Å². The molecule has 0 aromatic heterocycles. The standard InChI is InChI=1S/C14H18N2O6/c1-4-22-14(19)10-7-9(5-6-11(10)16(20)21)15-12(8(2)3)13(17)18/h5-8,12,15H,4H2,1-3H3,(H,17,18)/t12-/m1/s1. The molecule has 0 radical (unpaired) electrons. The molecule has 1 aromatic carbocycles. The van der Waals surface area contributed by atoms with Crippen molar-refractivity contribution < 1.29 is 24.4 Å². The van der Waals surface area contributed by atoms with Crippen molar-refractivity contribution in [3.8, 4) is 0 Å². The van der Waals surface area contributed by atoms with Gasteiger partial charge < -0.3 is 15.2 Å². The lowest BCUT2D eigenvalue weighted by Gasteiger charge is -2.19. The van der Waals surface area contributed by atoms with Gasteiger partial charge in [0.15, 0.2) is 0 Å². The van der Waals surface area contributed by atoms with Gasteiger partial charge in [0, 0.05) is 11.8 Å². The lowest BCUT2D eigenvalue weighted by molar-refractivity contribution is -0.385. The van der Waals surface area contributed by atoms with Crippen LogP contribution in [-0.4, -0.2) is 34.6 Å². The van der Waals surface area contributed by atoms with Gasteiger partial charge in [-0.05, 0) is 25.0 Å². The highest BCUT2D eigenvalue weighted by atomic mass is 16.6. The minimum atomic E-state index is -1.05. The van der Waals surface area contributed by atoms with Crippen molar-refractivity contribution in [2.75, 3.05) is 11.9 Å². The molecule has 1 aromatic rings. The third kappa shape index (κ3) is 4.18. The number of anilines is 1. The molecule has 0 saturated carbocycles. The summed E-state index contributed by atoms with van der Waals surface area (Å²) in [4.78, 5) is 33.3. The molecule has 22 heavy (non-hydrogen) atoms. The first-order valence-electron chi connectivity index (χ1n) is 6.72. The van der Waals surface area contributed by atoms with Crippen molar-refractivity contribution >= 4 is 23.3 Å². The Balaban J connectivity index is 3.18. The zero-order chi connectivity index (χ0) is 16.9. The number of nitrogens with one attached hydrogen (secondary N) is 1. The summed E-state index contributed by atoms with van der Waals surface area (Å²) in [5, 5.41) is 22.9. The molecule has 0 aliphatic carbocycles. The predicted molar refractivity (Wildman–Crippen MR) is 78.9 cm³/mol. The summed E-state index contributed by atoms with van der Waals surface area (Å²) in [6.07, 6.45) is 0. The molecule has 0 aliphatic rings. The molecule has 0 saturated heterocycles. The van der Waals surface area contributed by atoms with Gasteiger partial charge in [-0.25, -0.2) is 9.59 Å². The number of nitrogens with zero attached hydrogens (tertiary/aromatic N) is 1. The number of carboxylic acids is 1.